The van der Waals surface area contributed by atoms with Gasteiger partial charge in [0.05, 0.1) is 12.5 Å². The van der Waals surface area contributed by atoms with Crippen LogP contribution in [0.3, 0.4) is 0 Å². The van der Waals surface area contributed by atoms with Gasteiger partial charge in [0.1, 0.15) is 10.7 Å². The molecule has 0 bridgehead atoms. The van der Waals surface area contributed by atoms with Gasteiger partial charge in [-0.1, -0.05) is 25.1 Å². The molecule has 0 fully saturated rings. The number of hydrogen-bond donors (Lipinski definition) is 0. The van der Waals surface area contributed by atoms with E-state index in [1.165, 1.54) is 18.2 Å². The Balaban J connectivity index is 2.15. The number of benzene rings is 1. The van der Waals surface area contributed by atoms with Crippen molar-refractivity contribution in [2.75, 3.05) is 7.11 Å². The smallest absolute Gasteiger partial charge is 0.305 e. The van der Waals surface area contributed by atoms with Crippen molar-refractivity contribution in [3.8, 4) is 11.1 Å². The van der Waals surface area contributed by atoms with Crippen molar-refractivity contribution < 1.29 is 9.53 Å². The zero-order valence-electron chi connectivity index (χ0n) is 17.8. The van der Waals surface area contributed by atoms with Gasteiger partial charge in [-0.05, 0) is 50.3 Å². The Labute approximate surface area is 175 Å². The molecule has 2 heterocycles. The third-order valence-corrected chi connectivity index (χ3v) is 6.33. The van der Waals surface area contributed by atoms with E-state index in [4.69, 9.17) is 9.72 Å². The molecule has 3 rings (SSSR count). The maximum absolute atomic E-state index is 13.5. The molecule has 6 heteroatoms. The molecule has 0 saturated heterocycles. The predicted molar refractivity (Wildman–Crippen MR) is 119 cm³/mol. The van der Waals surface area contributed by atoms with E-state index in [2.05, 4.69) is 45.9 Å². The highest BCUT2D eigenvalue weighted by Crippen LogP contribution is 2.36. The van der Waals surface area contributed by atoms with E-state index in [-0.39, 0.29) is 11.5 Å². The number of aryl methyl sites for hydroxylation is 4. The van der Waals surface area contributed by atoms with Crippen molar-refractivity contribution in [3.63, 3.8) is 0 Å². The molecule has 0 saturated carbocycles. The molecule has 0 aliphatic heterocycles. The topological polar surface area (TPSA) is 61.2 Å². The molecule has 0 aliphatic rings. The lowest BCUT2D eigenvalue weighted by Gasteiger charge is -2.12. The van der Waals surface area contributed by atoms with Gasteiger partial charge in [-0.15, -0.1) is 11.3 Å². The minimum atomic E-state index is -0.258. The van der Waals surface area contributed by atoms with E-state index in [1.54, 1.807) is 15.9 Å². The summed E-state index contributed by atoms with van der Waals surface area (Å²) in [5.74, 6) is 0.536. The van der Waals surface area contributed by atoms with Crippen LogP contribution < -0.4 is 5.56 Å². The van der Waals surface area contributed by atoms with Crippen LogP contribution in [-0.4, -0.2) is 22.6 Å². The van der Waals surface area contributed by atoms with Crippen LogP contribution in [0.1, 0.15) is 48.0 Å². The highest BCUT2D eigenvalue weighted by Gasteiger charge is 2.20. The van der Waals surface area contributed by atoms with E-state index >= 15 is 0 Å². The second kappa shape index (κ2) is 8.91. The Morgan fingerprint density at radius 3 is 2.62 bits per heavy atom. The van der Waals surface area contributed by atoms with E-state index in [9.17, 15) is 9.59 Å². The third-order valence-electron chi connectivity index (χ3n) is 5.33. The first kappa shape index (κ1) is 21.2. The van der Waals surface area contributed by atoms with Gasteiger partial charge in [-0.3, -0.25) is 14.2 Å². The van der Waals surface area contributed by atoms with Crippen LogP contribution >= 0.6 is 11.3 Å². The molecule has 2 aromatic heterocycles. The van der Waals surface area contributed by atoms with Crippen LogP contribution in [0.5, 0.6) is 0 Å². The van der Waals surface area contributed by atoms with E-state index in [0.29, 0.717) is 24.8 Å². The predicted octanol–water partition coefficient (Wildman–Crippen LogP) is 4.96. The SMILES string of the molecule is CCCc1nc2sc(C)c(-c3ccc(C)c(C)c3)c2c(=O)n1CCCC(=O)OC. The zero-order valence-corrected chi connectivity index (χ0v) is 18.6. The second-order valence-electron chi connectivity index (χ2n) is 7.43. The van der Waals surface area contributed by atoms with Crippen molar-refractivity contribution in [2.24, 2.45) is 0 Å². The van der Waals surface area contributed by atoms with Gasteiger partial charge in [0.15, 0.2) is 0 Å². The third kappa shape index (κ3) is 4.27. The average molecular weight is 413 g/mol. The quantitative estimate of drug-likeness (QED) is 0.515. The molecular formula is C23H28N2O3S. The number of fused-ring (bicyclic) bond motifs is 1. The monoisotopic (exact) mass is 412 g/mol. The summed E-state index contributed by atoms with van der Waals surface area (Å²) < 4.78 is 6.48. The summed E-state index contributed by atoms with van der Waals surface area (Å²) in [6.45, 7) is 8.77. The number of ether oxygens (including phenoxy) is 1. The van der Waals surface area contributed by atoms with Crippen molar-refractivity contribution >= 4 is 27.5 Å². The maximum atomic E-state index is 13.5. The van der Waals surface area contributed by atoms with Crippen LogP contribution in [0.25, 0.3) is 21.3 Å². The van der Waals surface area contributed by atoms with Crippen LogP contribution in [0.2, 0.25) is 0 Å². The molecule has 1 aromatic carbocycles. The molecule has 0 atom stereocenters. The first-order valence-corrected chi connectivity index (χ1v) is 10.9. The van der Waals surface area contributed by atoms with Gasteiger partial charge >= 0.3 is 5.97 Å². The number of nitrogens with zero attached hydrogens (tertiary/aromatic N) is 2. The fourth-order valence-electron chi connectivity index (χ4n) is 3.61. The molecule has 0 aliphatic carbocycles. The average Bonchev–Trinajstić information content (AvgIpc) is 3.02. The summed E-state index contributed by atoms with van der Waals surface area (Å²) in [6.07, 6.45) is 2.49. The molecule has 0 spiro atoms. The Bertz CT molecular complexity index is 1110. The Morgan fingerprint density at radius 2 is 1.97 bits per heavy atom. The van der Waals surface area contributed by atoms with Gasteiger partial charge < -0.3 is 4.74 Å². The summed E-state index contributed by atoms with van der Waals surface area (Å²) in [6, 6.07) is 6.32. The number of thiophene rings is 1. The summed E-state index contributed by atoms with van der Waals surface area (Å²) in [4.78, 5) is 31.8. The number of carbonyl (C=O) groups excluding carboxylic acids is 1. The molecule has 0 radical (unpaired) electrons. The number of aromatic nitrogens is 2. The van der Waals surface area contributed by atoms with Gasteiger partial charge in [0, 0.05) is 29.8 Å². The Hall–Kier alpha value is -2.47. The largest absolute Gasteiger partial charge is 0.469 e. The molecule has 0 amide bonds. The van der Waals surface area contributed by atoms with Crippen molar-refractivity contribution in [1.82, 2.24) is 9.55 Å². The number of esters is 1. The molecular weight excluding hydrogens is 384 g/mol. The van der Waals surface area contributed by atoms with E-state index < -0.39 is 0 Å². The summed E-state index contributed by atoms with van der Waals surface area (Å²) in [5, 5.41) is 0.689. The molecule has 0 unspecified atom stereocenters. The number of carbonyl (C=O) groups is 1. The summed E-state index contributed by atoms with van der Waals surface area (Å²) >= 11 is 1.58. The molecule has 154 valence electrons. The van der Waals surface area contributed by atoms with Crippen LogP contribution in [-0.2, 0) is 22.5 Å². The number of rotatable bonds is 7. The van der Waals surface area contributed by atoms with Crippen molar-refractivity contribution in [3.05, 3.63) is 50.4 Å². The zero-order chi connectivity index (χ0) is 21.1. The standard InChI is InChI=1S/C23H28N2O3S/c1-6-8-18-24-22-21(23(27)25(18)12-7-9-19(26)28-5)20(16(4)29-22)17-11-10-14(2)15(3)13-17/h10-11,13H,6-9,12H2,1-5H3. The first-order valence-electron chi connectivity index (χ1n) is 10.0. The van der Waals surface area contributed by atoms with Crippen molar-refractivity contribution in [1.29, 1.82) is 0 Å². The Morgan fingerprint density at radius 1 is 1.21 bits per heavy atom. The fraction of sp³-hybridized carbons (Fsp3) is 0.435. The molecule has 5 nitrogen and oxygen atoms in total. The van der Waals surface area contributed by atoms with Gasteiger partial charge in [0.25, 0.3) is 5.56 Å². The highest BCUT2D eigenvalue weighted by molar-refractivity contribution is 7.19. The minimum absolute atomic E-state index is 0.0131. The molecule has 29 heavy (non-hydrogen) atoms. The second-order valence-corrected chi connectivity index (χ2v) is 8.63. The summed E-state index contributed by atoms with van der Waals surface area (Å²) in [5.41, 5.74) is 4.46. The lowest BCUT2D eigenvalue weighted by molar-refractivity contribution is -0.140. The fourth-order valence-corrected chi connectivity index (χ4v) is 4.66. The Kier molecular flexibility index (Phi) is 6.52. The summed E-state index contributed by atoms with van der Waals surface area (Å²) in [7, 11) is 1.38. The van der Waals surface area contributed by atoms with Crippen molar-refractivity contribution in [2.45, 2.75) is 59.9 Å². The number of methoxy groups -OCH3 is 1. The van der Waals surface area contributed by atoms with Gasteiger partial charge in [-0.2, -0.15) is 0 Å². The van der Waals surface area contributed by atoms with Gasteiger partial charge in [-0.25, -0.2) is 4.98 Å². The van der Waals surface area contributed by atoms with E-state index in [0.717, 1.165) is 39.5 Å². The van der Waals surface area contributed by atoms with Gasteiger partial charge in [0.2, 0.25) is 0 Å². The minimum Gasteiger partial charge on any atom is -0.469 e. The number of hydrogen-bond acceptors (Lipinski definition) is 5. The van der Waals surface area contributed by atoms with Crippen LogP contribution in [0.4, 0.5) is 0 Å². The molecule has 0 N–H and O–H groups in total. The first-order chi connectivity index (χ1) is 13.9. The van der Waals surface area contributed by atoms with Crippen LogP contribution in [0, 0.1) is 20.8 Å². The lowest BCUT2D eigenvalue weighted by Crippen LogP contribution is -2.25. The highest BCUT2D eigenvalue weighted by atomic mass is 32.1. The van der Waals surface area contributed by atoms with E-state index in [1.807, 2.05) is 0 Å². The normalized spacial score (nSPS) is 11.2. The molecule has 3 aromatic rings. The lowest BCUT2D eigenvalue weighted by atomic mass is 9.99. The van der Waals surface area contributed by atoms with Crippen LogP contribution in [0.15, 0.2) is 23.0 Å². The maximum Gasteiger partial charge on any atom is 0.305 e.